The highest BCUT2D eigenvalue weighted by Gasteiger charge is 2.10. The quantitative estimate of drug-likeness (QED) is 0.873. The normalized spacial score (nSPS) is 10.3. The third kappa shape index (κ3) is 2.38. The molecule has 0 aliphatic carbocycles. The van der Waals surface area contributed by atoms with Gasteiger partial charge < -0.3 is 10.8 Å². The van der Waals surface area contributed by atoms with E-state index in [4.69, 9.17) is 10.8 Å². The first kappa shape index (κ1) is 12.3. The van der Waals surface area contributed by atoms with Crippen molar-refractivity contribution in [2.24, 2.45) is 5.73 Å². The van der Waals surface area contributed by atoms with E-state index in [2.05, 4.69) is 0 Å². The van der Waals surface area contributed by atoms with Crippen LogP contribution >= 0.6 is 0 Å². The van der Waals surface area contributed by atoms with E-state index in [0.717, 1.165) is 11.6 Å². The summed E-state index contributed by atoms with van der Waals surface area (Å²) in [5.41, 5.74) is 7.35. The van der Waals surface area contributed by atoms with Gasteiger partial charge in [0.15, 0.2) is 0 Å². The summed E-state index contributed by atoms with van der Waals surface area (Å²) in [4.78, 5) is 10.9. The first-order valence-corrected chi connectivity index (χ1v) is 5.44. The van der Waals surface area contributed by atoms with Gasteiger partial charge in [-0.15, -0.1) is 0 Å². The summed E-state index contributed by atoms with van der Waals surface area (Å²) in [5.74, 6) is -1.53. The van der Waals surface area contributed by atoms with E-state index in [1.54, 1.807) is 18.2 Å². The van der Waals surface area contributed by atoms with Crippen LogP contribution in [-0.2, 0) is 6.54 Å². The SMILES string of the molecule is NCc1cccc(-c2cc(C(=O)O)ccc2F)c1. The van der Waals surface area contributed by atoms with Crippen molar-refractivity contribution >= 4 is 5.97 Å². The smallest absolute Gasteiger partial charge is 0.335 e. The lowest BCUT2D eigenvalue weighted by Crippen LogP contribution is -1.99. The molecule has 0 bridgehead atoms. The Hall–Kier alpha value is -2.20. The Balaban J connectivity index is 2.54. The minimum Gasteiger partial charge on any atom is -0.478 e. The molecule has 0 aliphatic rings. The molecule has 0 atom stereocenters. The van der Waals surface area contributed by atoms with Crippen LogP contribution in [0.5, 0.6) is 0 Å². The number of aromatic carboxylic acids is 1. The number of nitrogens with two attached hydrogens (primary N) is 1. The Bertz CT molecular complexity index is 596. The Morgan fingerprint density at radius 1 is 1.22 bits per heavy atom. The maximum absolute atomic E-state index is 13.7. The van der Waals surface area contributed by atoms with Crippen molar-refractivity contribution in [1.82, 2.24) is 0 Å². The fraction of sp³-hybridized carbons (Fsp3) is 0.0714. The molecule has 4 heteroatoms. The molecule has 0 aromatic heterocycles. The molecule has 2 aromatic rings. The van der Waals surface area contributed by atoms with Crippen molar-refractivity contribution in [3.8, 4) is 11.1 Å². The van der Waals surface area contributed by atoms with Crippen molar-refractivity contribution < 1.29 is 14.3 Å². The number of hydrogen-bond donors (Lipinski definition) is 2. The van der Waals surface area contributed by atoms with E-state index >= 15 is 0 Å². The molecule has 3 nitrogen and oxygen atoms in total. The highest BCUT2D eigenvalue weighted by molar-refractivity contribution is 5.89. The molecule has 0 saturated carbocycles. The second kappa shape index (κ2) is 4.98. The van der Waals surface area contributed by atoms with Crippen LogP contribution < -0.4 is 5.73 Å². The van der Waals surface area contributed by atoms with Crippen LogP contribution in [-0.4, -0.2) is 11.1 Å². The maximum atomic E-state index is 13.7. The Labute approximate surface area is 104 Å². The first-order chi connectivity index (χ1) is 8.61. The molecular formula is C14H12FNO2. The van der Waals surface area contributed by atoms with Crippen molar-refractivity contribution in [3.05, 3.63) is 59.4 Å². The van der Waals surface area contributed by atoms with Crippen LogP contribution in [0.4, 0.5) is 4.39 Å². The van der Waals surface area contributed by atoms with E-state index < -0.39 is 11.8 Å². The zero-order chi connectivity index (χ0) is 13.1. The molecule has 0 heterocycles. The van der Waals surface area contributed by atoms with E-state index in [-0.39, 0.29) is 11.1 Å². The Morgan fingerprint density at radius 3 is 2.67 bits per heavy atom. The standard InChI is InChI=1S/C14H12FNO2/c15-13-5-4-11(14(17)18)7-12(13)10-3-1-2-9(6-10)8-16/h1-7H,8,16H2,(H,17,18). The average Bonchev–Trinajstić information content (AvgIpc) is 2.39. The molecule has 0 fully saturated rings. The summed E-state index contributed by atoms with van der Waals surface area (Å²) in [6.07, 6.45) is 0. The van der Waals surface area contributed by atoms with E-state index in [1.807, 2.05) is 6.07 Å². The first-order valence-electron chi connectivity index (χ1n) is 5.44. The van der Waals surface area contributed by atoms with Crippen LogP contribution in [0.25, 0.3) is 11.1 Å². The molecule has 0 aliphatic heterocycles. The third-order valence-corrected chi connectivity index (χ3v) is 2.69. The number of hydrogen-bond acceptors (Lipinski definition) is 2. The molecule has 0 unspecified atom stereocenters. The third-order valence-electron chi connectivity index (χ3n) is 2.69. The van der Waals surface area contributed by atoms with Crippen LogP contribution in [0.3, 0.4) is 0 Å². The number of benzene rings is 2. The highest BCUT2D eigenvalue weighted by atomic mass is 19.1. The van der Waals surface area contributed by atoms with E-state index in [1.165, 1.54) is 12.1 Å². The van der Waals surface area contributed by atoms with Gasteiger partial charge in [0.1, 0.15) is 5.82 Å². The van der Waals surface area contributed by atoms with Gasteiger partial charge >= 0.3 is 5.97 Å². The molecule has 0 spiro atoms. The predicted molar refractivity (Wildman–Crippen MR) is 66.7 cm³/mol. The molecule has 0 radical (unpaired) electrons. The van der Waals surface area contributed by atoms with E-state index in [0.29, 0.717) is 12.1 Å². The van der Waals surface area contributed by atoms with Gasteiger partial charge in [0, 0.05) is 12.1 Å². The number of carbonyl (C=O) groups is 1. The number of halogens is 1. The molecule has 92 valence electrons. The topological polar surface area (TPSA) is 63.3 Å². The van der Waals surface area contributed by atoms with Gasteiger partial charge in [0.05, 0.1) is 5.56 Å². The van der Waals surface area contributed by atoms with Crippen LogP contribution in [0.2, 0.25) is 0 Å². The van der Waals surface area contributed by atoms with Crippen LogP contribution in [0, 0.1) is 5.82 Å². The molecule has 2 aromatic carbocycles. The number of carboxylic acid groups (broad SMARTS) is 1. The monoisotopic (exact) mass is 245 g/mol. The van der Waals surface area contributed by atoms with Gasteiger partial charge in [-0.2, -0.15) is 0 Å². The average molecular weight is 245 g/mol. The summed E-state index contributed by atoms with van der Waals surface area (Å²) < 4.78 is 13.7. The fourth-order valence-electron chi connectivity index (χ4n) is 1.75. The lowest BCUT2D eigenvalue weighted by molar-refractivity contribution is 0.0697. The number of rotatable bonds is 3. The lowest BCUT2D eigenvalue weighted by Gasteiger charge is -2.06. The van der Waals surface area contributed by atoms with Gasteiger partial charge in [0.2, 0.25) is 0 Å². The van der Waals surface area contributed by atoms with Gasteiger partial charge in [0.25, 0.3) is 0 Å². The van der Waals surface area contributed by atoms with Crippen molar-refractivity contribution in [2.75, 3.05) is 0 Å². The molecule has 2 rings (SSSR count). The summed E-state index contributed by atoms with van der Waals surface area (Å²) in [5, 5.41) is 8.91. The summed E-state index contributed by atoms with van der Waals surface area (Å²) in [6.45, 7) is 0.355. The number of carboxylic acids is 1. The second-order valence-electron chi connectivity index (χ2n) is 3.90. The van der Waals surface area contributed by atoms with Crippen LogP contribution in [0.1, 0.15) is 15.9 Å². The minimum atomic E-state index is -1.08. The Morgan fingerprint density at radius 2 is 2.00 bits per heavy atom. The van der Waals surface area contributed by atoms with Crippen molar-refractivity contribution in [3.63, 3.8) is 0 Å². The van der Waals surface area contributed by atoms with Crippen molar-refractivity contribution in [2.45, 2.75) is 6.54 Å². The highest BCUT2D eigenvalue weighted by Crippen LogP contribution is 2.25. The van der Waals surface area contributed by atoms with E-state index in [9.17, 15) is 9.18 Å². The van der Waals surface area contributed by atoms with Gasteiger partial charge in [-0.25, -0.2) is 9.18 Å². The molecule has 3 N–H and O–H groups in total. The lowest BCUT2D eigenvalue weighted by atomic mass is 10.0. The minimum absolute atomic E-state index is 0.0598. The second-order valence-corrected chi connectivity index (χ2v) is 3.90. The molecular weight excluding hydrogens is 233 g/mol. The fourth-order valence-corrected chi connectivity index (χ4v) is 1.75. The summed E-state index contributed by atoms with van der Waals surface area (Å²) in [6, 6.07) is 10.8. The van der Waals surface area contributed by atoms with Crippen molar-refractivity contribution in [1.29, 1.82) is 0 Å². The molecule has 18 heavy (non-hydrogen) atoms. The Kier molecular flexibility index (Phi) is 3.39. The summed E-state index contributed by atoms with van der Waals surface area (Å²) >= 11 is 0. The molecule has 0 saturated heterocycles. The predicted octanol–water partition coefficient (Wildman–Crippen LogP) is 2.65. The van der Waals surface area contributed by atoms with Crippen LogP contribution in [0.15, 0.2) is 42.5 Å². The zero-order valence-electron chi connectivity index (χ0n) is 9.56. The summed E-state index contributed by atoms with van der Waals surface area (Å²) in [7, 11) is 0. The largest absolute Gasteiger partial charge is 0.478 e. The van der Waals surface area contributed by atoms with Gasteiger partial charge in [-0.3, -0.25) is 0 Å². The van der Waals surface area contributed by atoms with Gasteiger partial charge in [-0.05, 0) is 35.4 Å². The molecule has 0 amide bonds. The van der Waals surface area contributed by atoms with Gasteiger partial charge in [-0.1, -0.05) is 18.2 Å². The maximum Gasteiger partial charge on any atom is 0.335 e. The zero-order valence-corrected chi connectivity index (χ0v) is 9.56.